The predicted octanol–water partition coefficient (Wildman–Crippen LogP) is 3.12. The molecule has 2 aromatic rings. The lowest BCUT2D eigenvalue weighted by Gasteiger charge is -2.16. The molecular formula is C20H21N3O6. The molecule has 9 heteroatoms. The summed E-state index contributed by atoms with van der Waals surface area (Å²) in [5.74, 6) is 0.0641. The summed E-state index contributed by atoms with van der Waals surface area (Å²) in [4.78, 5) is 36.3. The van der Waals surface area contributed by atoms with Gasteiger partial charge in [0.1, 0.15) is 17.2 Å². The van der Waals surface area contributed by atoms with Gasteiger partial charge < -0.3 is 14.8 Å². The fraction of sp³-hybridized carbons (Fsp3) is 0.300. The maximum absolute atomic E-state index is 12.2. The van der Waals surface area contributed by atoms with Gasteiger partial charge in [0.25, 0.3) is 5.69 Å². The van der Waals surface area contributed by atoms with Crippen molar-refractivity contribution in [2.75, 3.05) is 24.4 Å². The molecule has 3 rings (SSSR count). The number of methoxy groups -OCH3 is 2. The van der Waals surface area contributed by atoms with Gasteiger partial charge in [0, 0.05) is 31.0 Å². The van der Waals surface area contributed by atoms with E-state index < -0.39 is 10.8 Å². The van der Waals surface area contributed by atoms with Crippen LogP contribution in [0.4, 0.5) is 17.1 Å². The van der Waals surface area contributed by atoms with E-state index in [0.717, 1.165) is 10.5 Å². The molecule has 1 fully saturated rings. The van der Waals surface area contributed by atoms with Crippen LogP contribution < -0.4 is 19.7 Å². The number of hydrogen-bond donors (Lipinski definition) is 1. The molecule has 1 saturated heterocycles. The van der Waals surface area contributed by atoms with Gasteiger partial charge >= 0.3 is 0 Å². The summed E-state index contributed by atoms with van der Waals surface area (Å²) in [7, 11) is 3.08. The summed E-state index contributed by atoms with van der Waals surface area (Å²) in [6.45, 7) is 1.94. The van der Waals surface area contributed by atoms with Gasteiger partial charge in [-0.3, -0.25) is 24.6 Å². The molecule has 0 radical (unpaired) electrons. The first-order valence-corrected chi connectivity index (χ1v) is 8.95. The molecule has 29 heavy (non-hydrogen) atoms. The van der Waals surface area contributed by atoms with Gasteiger partial charge in [0.15, 0.2) is 0 Å². The number of anilines is 2. The fourth-order valence-corrected chi connectivity index (χ4v) is 3.18. The lowest BCUT2D eigenvalue weighted by Crippen LogP contribution is -2.30. The molecule has 2 amide bonds. The minimum Gasteiger partial charge on any atom is -0.497 e. The number of carbonyl (C=O) groups is 2. The Hall–Kier alpha value is -3.62. The summed E-state index contributed by atoms with van der Waals surface area (Å²) in [6.07, 6.45) is 0.101. The zero-order valence-corrected chi connectivity index (χ0v) is 16.3. The Morgan fingerprint density at radius 2 is 1.79 bits per heavy atom. The van der Waals surface area contributed by atoms with Crippen LogP contribution in [0.25, 0.3) is 0 Å². The van der Waals surface area contributed by atoms with Crippen LogP contribution in [-0.4, -0.2) is 31.0 Å². The molecule has 0 aliphatic carbocycles. The molecule has 0 spiro atoms. The molecule has 0 unspecified atom stereocenters. The van der Waals surface area contributed by atoms with E-state index in [0.29, 0.717) is 11.5 Å². The van der Waals surface area contributed by atoms with Crippen molar-refractivity contribution in [3.63, 3.8) is 0 Å². The molecular weight excluding hydrogens is 378 g/mol. The highest BCUT2D eigenvalue weighted by atomic mass is 16.6. The van der Waals surface area contributed by atoms with Crippen LogP contribution in [-0.2, 0) is 16.1 Å². The SMILES string of the molecule is COc1cc(CNc2ccc(N3C(=O)C[C@H](C)C3=O)cc2[N+](=O)[O-])cc(OC)c1. The summed E-state index contributed by atoms with van der Waals surface area (Å²) in [5, 5.41) is 14.6. The largest absolute Gasteiger partial charge is 0.497 e. The van der Waals surface area contributed by atoms with Gasteiger partial charge in [-0.25, -0.2) is 0 Å². The van der Waals surface area contributed by atoms with Crippen LogP contribution in [0.2, 0.25) is 0 Å². The summed E-state index contributed by atoms with van der Waals surface area (Å²) in [6, 6.07) is 9.56. The third kappa shape index (κ3) is 4.13. The summed E-state index contributed by atoms with van der Waals surface area (Å²) in [5.41, 5.74) is 1.05. The first kappa shape index (κ1) is 20.1. The highest BCUT2D eigenvalue weighted by Crippen LogP contribution is 2.34. The Bertz CT molecular complexity index is 952. The smallest absolute Gasteiger partial charge is 0.294 e. The van der Waals surface area contributed by atoms with Crippen LogP contribution in [0.3, 0.4) is 0 Å². The number of ether oxygens (including phenoxy) is 2. The van der Waals surface area contributed by atoms with Gasteiger partial charge in [-0.2, -0.15) is 0 Å². The van der Waals surface area contributed by atoms with Crippen molar-refractivity contribution in [1.29, 1.82) is 0 Å². The molecule has 0 bridgehead atoms. The van der Waals surface area contributed by atoms with Crippen molar-refractivity contribution in [2.45, 2.75) is 19.9 Å². The number of nitrogens with zero attached hydrogens (tertiary/aromatic N) is 2. The van der Waals surface area contributed by atoms with Gasteiger partial charge in [0.2, 0.25) is 11.8 Å². The van der Waals surface area contributed by atoms with E-state index in [-0.39, 0.29) is 41.8 Å². The Morgan fingerprint density at radius 1 is 1.14 bits per heavy atom. The van der Waals surface area contributed by atoms with E-state index in [1.54, 1.807) is 25.1 Å². The summed E-state index contributed by atoms with van der Waals surface area (Å²) < 4.78 is 10.5. The average molecular weight is 399 g/mol. The van der Waals surface area contributed by atoms with Crippen molar-refractivity contribution in [3.05, 3.63) is 52.1 Å². The number of benzene rings is 2. The molecule has 0 saturated carbocycles. The molecule has 0 aromatic heterocycles. The van der Waals surface area contributed by atoms with E-state index in [1.165, 1.54) is 32.4 Å². The number of imide groups is 1. The molecule has 1 aliphatic rings. The van der Waals surface area contributed by atoms with Crippen LogP contribution in [0, 0.1) is 16.0 Å². The van der Waals surface area contributed by atoms with Crippen molar-refractivity contribution < 1.29 is 24.0 Å². The number of carbonyl (C=O) groups excluding carboxylic acids is 2. The minimum atomic E-state index is -0.549. The second kappa shape index (κ2) is 8.17. The number of hydrogen-bond acceptors (Lipinski definition) is 7. The zero-order valence-electron chi connectivity index (χ0n) is 16.3. The fourth-order valence-electron chi connectivity index (χ4n) is 3.18. The third-order valence-corrected chi connectivity index (χ3v) is 4.70. The number of nitrogens with one attached hydrogen (secondary N) is 1. The molecule has 1 aliphatic heterocycles. The highest BCUT2D eigenvalue weighted by molar-refractivity contribution is 6.21. The molecule has 2 aromatic carbocycles. The number of nitro groups is 1. The zero-order chi connectivity index (χ0) is 21.1. The first-order valence-electron chi connectivity index (χ1n) is 8.95. The predicted molar refractivity (Wildman–Crippen MR) is 106 cm³/mol. The van der Waals surface area contributed by atoms with Crippen molar-refractivity contribution in [1.82, 2.24) is 0 Å². The van der Waals surface area contributed by atoms with Crippen molar-refractivity contribution in [2.24, 2.45) is 5.92 Å². The van der Waals surface area contributed by atoms with E-state index >= 15 is 0 Å². The highest BCUT2D eigenvalue weighted by Gasteiger charge is 2.37. The molecule has 9 nitrogen and oxygen atoms in total. The third-order valence-electron chi connectivity index (χ3n) is 4.70. The lowest BCUT2D eigenvalue weighted by atomic mass is 10.1. The first-order chi connectivity index (χ1) is 13.8. The molecule has 1 atom stereocenters. The topological polar surface area (TPSA) is 111 Å². The maximum atomic E-state index is 12.2. The Morgan fingerprint density at radius 3 is 2.31 bits per heavy atom. The monoisotopic (exact) mass is 399 g/mol. The van der Waals surface area contributed by atoms with Crippen LogP contribution in [0.1, 0.15) is 18.9 Å². The second-order valence-corrected chi connectivity index (χ2v) is 6.71. The van der Waals surface area contributed by atoms with Gasteiger partial charge in [0.05, 0.1) is 24.8 Å². The Kier molecular flexibility index (Phi) is 5.67. The quantitative estimate of drug-likeness (QED) is 0.432. The van der Waals surface area contributed by atoms with E-state index in [4.69, 9.17) is 9.47 Å². The maximum Gasteiger partial charge on any atom is 0.294 e. The van der Waals surface area contributed by atoms with Gasteiger partial charge in [-0.05, 0) is 29.8 Å². The van der Waals surface area contributed by atoms with E-state index in [9.17, 15) is 19.7 Å². The average Bonchev–Trinajstić information content (AvgIpc) is 2.97. The van der Waals surface area contributed by atoms with Gasteiger partial charge in [-0.15, -0.1) is 0 Å². The summed E-state index contributed by atoms with van der Waals surface area (Å²) >= 11 is 0. The van der Waals surface area contributed by atoms with Crippen molar-refractivity contribution >= 4 is 28.9 Å². The number of amides is 2. The van der Waals surface area contributed by atoms with Crippen molar-refractivity contribution in [3.8, 4) is 11.5 Å². The molecule has 1 heterocycles. The Balaban J connectivity index is 1.86. The van der Waals surface area contributed by atoms with E-state index in [2.05, 4.69) is 5.32 Å². The standard InChI is InChI=1S/C20H21N3O6/c1-12-6-19(24)22(20(12)25)14-4-5-17(18(9-14)23(26)27)21-11-13-7-15(28-2)10-16(8-13)29-3/h4-5,7-10,12,21H,6,11H2,1-3H3/t12-/m0/s1. The molecule has 152 valence electrons. The minimum absolute atomic E-state index is 0.101. The van der Waals surface area contributed by atoms with Crippen LogP contribution >= 0.6 is 0 Å². The lowest BCUT2D eigenvalue weighted by molar-refractivity contribution is -0.383. The number of nitro benzene ring substituents is 1. The van der Waals surface area contributed by atoms with Gasteiger partial charge in [-0.1, -0.05) is 6.92 Å². The van der Waals surface area contributed by atoms with Crippen LogP contribution in [0.5, 0.6) is 11.5 Å². The Labute approximate surface area is 167 Å². The molecule has 1 N–H and O–H groups in total. The number of rotatable bonds is 7. The normalized spacial score (nSPS) is 16.1. The van der Waals surface area contributed by atoms with Crippen LogP contribution in [0.15, 0.2) is 36.4 Å². The van der Waals surface area contributed by atoms with E-state index in [1.807, 2.05) is 0 Å². The second-order valence-electron chi connectivity index (χ2n) is 6.71.